The summed E-state index contributed by atoms with van der Waals surface area (Å²) in [5.41, 5.74) is 0.0180. The minimum atomic E-state index is -0.226. The number of esters is 1. The van der Waals surface area contributed by atoms with Gasteiger partial charge in [0, 0.05) is 20.4 Å². The minimum absolute atomic E-state index is 0.0495. The Morgan fingerprint density at radius 1 is 1.29 bits per heavy atom. The van der Waals surface area contributed by atoms with Crippen LogP contribution in [0.5, 0.6) is 0 Å². The molecule has 2 unspecified atom stereocenters. The number of aliphatic imine (C=N–C) groups is 1. The van der Waals surface area contributed by atoms with E-state index in [-0.39, 0.29) is 35.2 Å². The van der Waals surface area contributed by atoms with Gasteiger partial charge in [0.15, 0.2) is 0 Å². The van der Waals surface area contributed by atoms with Crippen molar-refractivity contribution in [2.24, 2.45) is 21.7 Å². The predicted molar refractivity (Wildman–Crippen MR) is 91.1 cm³/mol. The predicted octanol–water partition coefficient (Wildman–Crippen LogP) is 2.57. The zero-order valence-electron chi connectivity index (χ0n) is 15.6. The lowest BCUT2D eigenvalue weighted by atomic mass is 9.60. The molecule has 0 radical (unpaired) electrons. The molecule has 136 valence electrons. The third-order valence-corrected chi connectivity index (χ3v) is 4.74. The molecule has 1 aliphatic carbocycles. The molecule has 0 aromatic heterocycles. The van der Waals surface area contributed by atoms with Gasteiger partial charge in [-0.05, 0) is 36.0 Å². The summed E-state index contributed by atoms with van der Waals surface area (Å²) >= 11 is 0. The van der Waals surface area contributed by atoms with E-state index < -0.39 is 0 Å². The smallest absolute Gasteiger partial charge is 0.306 e. The Labute approximate surface area is 144 Å². The summed E-state index contributed by atoms with van der Waals surface area (Å²) in [6.07, 6.45) is 4.77. The summed E-state index contributed by atoms with van der Waals surface area (Å²) in [6, 6.07) is 0. The number of carbonyl (C=O) groups excluding carboxylic acids is 3. The van der Waals surface area contributed by atoms with Gasteiger partial charge in [-0.2, -0.15) is 0 Å². The van der Waals surface area contributed by atoms with Crippen molar-refractivity contribution in [3.8, 4) is 0 Å². The zero-order valence-corrected chi connectivity index (χ0v) is 15.6. The van der Waals surface area contributed by atoms with E-state index in [0.29, 0.717) is 19.5 Å². The van der Waals surface area contributed by atoms with E-state index in [2.05, 4.69) is 25.8 Å². The van der Waals surface area contributed by atoms with Crippen LogP contribution in [0.2, 0.25) is 0 Å². The van der Waals surface area contributed by atoms with Crippen LogP contribution in [-0.4, -0.2) is 49.6 Å². The molecule has 0 aromatic carbocycles. The number of rotatable bonds is 7. The normalized spacial score (nSPS) is 25.5. The van der Waals surface area contributed by atoms with Crippen LogP contribution in [0.15, 0.2) is 4.99 Å². The Morgan fingerprint density at radius 2 is 1.96 bits per heavy atom. The van der Waals surface area contributed by atoms with E-state index in [1.165, 1.54) is 11.8 Å². The number of amides is 1. The molecule has 0 N–H and O–H groups in total. The fraction of sp³-hybridized carbons (Fsp3) is 0.833. The van der Waals surface area contributed by atoms with E-state index in [0.717, 1.165) is 19.3 Å². The molecule has 2 atom stereocenters. The number of carbonyl (C=O) groups is 2. The van der Waals surface area contributed by atoms with Crippen LogP contribution in [0.25, 0.3) is 0 Å². The molecular weight excluding hydrogens is 308 g/mol. The maximum absolute atomic E-state index is 12.1. The van der Waals surface area contributed by atoms with Crippen molar-refractivity contribution in [2.75, 3.05) is 26.7 Å². The number of isocyanates is 1. The first-order valence-electron chi connectivity index (χ1n) is 8.48. The molecule has 1 fully saturated rings. The third kappa shape index (κ3) is 6.83. The van der Waals surface area contributed by atoms with Crippen molar-refractivity contribution in [2.45, 2.75) is 53.4 Å². The van der Waals surface area contributed by atoms with Crippen LogP contribution in [0, 0.1) is 16.7 Å². The molecule has 6 heteroatoms. The van der Waals surface area contributed by atoms with Crippen LogP contribution in [0.1, 0.15) is 53.4 Å². The van der Waals surface area contributed by atoms with E-state index in [9.17, 15) is 14.4 Å². The van der Waals surface area contributed by atoms with Gasteiger partial charge >= 0.3 is 5.97 Å². The van der Waals surface area contributed by atoms with Crippen LogP contribution < -0.4 is 0 Å². The largest absolute Gasteiger partial charge is 0.464 e. The van der Waals surface area contributed by atoms with Gasteiger partial charge in [0.25, 0.3) is 0 Å². The summed E-state index contributed by atoms with van der Waals surface area (Å²) < 4.78 is 5.26. The SMILES string of the molecule is CC(=O)N(C)CCOC(=O)CC1CC(C)(C)CC(C)(CN=C=O)C1. The van der Waals surface area contributed by atoms with Crippen molar-refractivity contribution >= 4 is 18.0 Å². The van der Waals surface area contributed by atoms with Gasteiger partial charge in [0.1, 0.15) is 6.61 Å². The van der Waals surface area contributed by atoms with E-state index >= 15 is 0 Å². The first-order valence-corrected chi connectivity index (χ1v) is 8.48. The molecule has 1 amide bonds. The van der Waals surface area contributed by atoms with Crippen molar-refractivity contribution in [3.63, 3.8) is 0 Å². The molecule has 1 aliphatic rings. The standard InChI is InChI=1S/C18H30N2O4/c1-14(22)20(5)6-7-24-16(23)8-15-9-17(2,3)11-18(4,10-15)12-19-13-21/h15H,6-12H2,1-5H3. The van der Waals surface area contributed by atoms with Gasteiger partial charge in [0.2, 0.25) is 12.0 Å². The second-order valence-electron chi connectivity index (χ2n) is 8.20. The quantitative estimate of drug-likeness (QED) is 0.406. The van der Waals surface area contributed by atoms with Gasteiger partial charge in [0.05, 0.1) is 13.1 Å². The summed E-state index contributed by atoms with van der Waals surface area (Å²) in [5, 5.41) is 0. The third-order valence-electron chi connectivity index (χ3n) is 4.74. The number of hydrogen-bond acceptors (Lipinski definition) is 5. The molecular formula is C18H30N2O4. The van der Waals surface area contributed by atoms with Gasteiger partial charge in [-0.1, -0.05) is 20.8 Å². The first-order chi connectivity index (χ1) is 11.1. The van der Waals surface area contributed by atoms with Crippen LogP contribution in [0.3, 0.4) is 0 Å². The van der Waals surface area contributed by atoms with Crippen molar-refractivity contribution in [1.82, 2.24) is 4.90 Å². The van der Waals surface area contributed by atoms with Crippen LogP contribution >= 0.6 is 0 Å². The monoisotopic (exact) mass is 338 g/mol. The summed E-state index contributed by atoms with van der Waals surface area (Å²) in [6.45, 7) is 9.06. The van der Waals surface area contributed by atoms with Crippen LogP contribution in [0.4, 0.5) is 0 Å². The van der Waals surface area contributed by atoms with Crippen LogP contribution in [-0.2, 0) is 19.1 Å². The minimum Gasteiger partial charge on any atom is -0.464 e. The summed E-state index contributed by atoms with van der Waals surface area (Å²) in [5.74, 6) is -0.0545. The molecule has 1 saturated carbocycles. The molecule has 6 nitrogen and oxygen atoms in total. The second-order valence-corrected chi connectivity index (χ2v) is 8.20. The van der Waals surface area contributed by atoms with E-state index in [1.54, 1.807) is 13.1 Å². The molecule has 0 spiro atoms. The van der Waals surface area contributed by atoms with Crippen molar-refractivity contribution < 1.29 is 19.1 Å². The highest BCUT2D eigenvalue weighted by Crippen LogP contribution is 2.49. The molecule has 0 heterocycles. The lowest BCUT2D eigenvalue weighted by Gasteiger charge is -2.45. The number of nitrogens with zero attached hydrogens (tertiary/aromatic N) is 2. The van der Waals surface area contributed by atoms with E-state index in [1.807, 2.05) is 0 Å². The molecule has 24 heavy (non-hydrogen) atoms. The topological polar surface area (TPSA) is 76.0 Å². The van der Waals surface area contributed by atoms with Gasteiger partial charge in [-0.3, -0.25) is 9.59 Å². The second kappa shape index (κ2) is 8.43. The summed E-state index contributed by atoms with van der Waals surface area (Å²) in [4.78, 5) is 38.9. The molecule has 0 aliphatic heterocycles. The van der Waals surface area contributed by atoms with Gasteiger partial charge in [-0.25, -0.2) is 9.79 Å². The van der Waals surface area contributed by atoms with Gasteiger partial charge < -0.3 is 9.64 Å². The number of hydrogen-bond donors (Lipinski definition) is 0. The Kier molecular flexibility index (Phi) is 7.15. The number of likely N-dealkylation sites (N-methyl/N-ethyl adjacent to an activating group) is 1. The molecule has 1 rings (SSSR count). The van der Waals surface area contributed by atoms with Crippen molar-refractivity contribution in [1.29, 1.82) is 0 Å². The summed E-state index contributed by atoms with van der Waals surface area (Å²) in [7, 11) is 1.68. The Bertz CT molecular complexity index is 511. The average Bonchev–Trinajstić information content (AvgIpc) is 2.42. The lowest BCUT2D eigenvalue weighted by Crippen LogP contribution is -2.38. The van der Waals surface area contributed by atoms with E-state index in [4.69, 9.17) is 4.74 Å². The fourth-order valence-electron chi connectivity index (χ4n) is 4.09. The Balaban J connectivity index is 2.54. The Hall–Kier alpha value is -1.68. The molecule has 0 aromatic rings. The average molecular weight is 338 g/mol. The van der Waals surface area contributed by atoms with Gasteiger partial charge in [-0.15, -0.1) is 0 Å². The number of ether oxygens (including phenoxy) is 1. The maximum Gasteiger partial charge on any atom is 0.306 e. The highest BCUT2D eigenvalue weighted by Gasteiger charge is 2.41. The first kappa shape index (κ1) is 20.4. The lowest BCUT2D eigenvalue weighted by molar-refractivity contribution is -0.147. The molecule has 0 bridgehead atoms. The zero-order chi connectivity index (χ0) is 18.4. The van der Waals surface area contributed by atoms with Crippen molar-refractivity contribution in [3.05, 3.63) is 0 Å². The Morgan fingerprint density at radius 3 is 2.54 bits per heavy atom. The molecule has 0 saturated heterocycles. The highest BCUT2D eigenvalue weighted by molar-refractivity contribution is 5.73. The maximum atomic E-state index is 12.1. The fourth-order valence-corrected chi connectivity index (χ4v) is 4.09. The highest BCUT2D eigenvalue weighted by atomic mass is 16.5.